The molecule has 1 aliphatic carbocycles. The van der Waals surface area contributed by atoms with Crippen molar-refractivity contribution in [1.29, 1.82) is 0 Å². The van der Waals surface area contributed by atoms with Gasteiger partial charge in [0.1, 0.15) is 11.1 Å². The Morgan fingerprint density at radius 3 is 2.58 bits per heavy atom. The first-order valence-corrected chi connectivity index (χ1v) is 9.40. The zero-order chi connectivity index (χ0) is 18.9. The molecule has 2 aromatic carbocycles. The number of hydrogen-bond acceptors (Lipinski definition) is 2. The number of aryl methyl sites for hydroxylation is 1. The van der Waals surface area contributed by atoms with Gasteiger partial charge in [0.15, 0.2) is 0 Å². The van der Waals surface area contributed by atoms with E-state index in [0.717, 1.165) is 11.1 Å². The van der Waals surface area contributed by atoms with Gasteiger partial charge in [0.05, 0.1) is 5.92 Å². The Hall–Kier alpha value is -1.77. The molecule has 0 radical (unpaired) electrons. The van der Waals surface area contributed by atoms with Crippen LogP contribution < -0.4 is 0 Å². The van der Waals surface area contributed by atoms with Gasteiger partial charge in [0.25, 0.3) is 0 Å². The molecule has 0 heterocycles. The first kappa shape index (κ1) is 19.0. The molecule has 0 bridgehead atoms. The fourth-order valence-electron chi connectivity index (χ4n) is 3.54. The summed E-state index contributed by atoms with van der Waals surface area (Å²) in [6.07, 6.45) is 1.73. The van der Waals surface area contributed by atoms with E-state index in [1.165, 1.54) is 11.1 Å². The number of carbonyl (C=O) groups excluding carboxylic acids is 1. The fraction of sp³-hybridized carbons (Fsp3) is 0.318. The third-order valence-corrected chi connectivity index (χ3v) is 5.49. The second kappa shape index (κ2) is 7.46. The van der Waals surface area contributed by atoms with Gasteiger partial charge in [-0.05, 0) is 52.7 Å². The van der Waals surface area contributed by atoms with Crippen molar-refractivity contribution in [2.75, 3.05) is 0 Å². The van der Waals surface area contributed by atoms with Crippen LogP contribution in [-0.4, -0.2) is 5.97 Å². The molecule has 0 aromatic heterocycles. The molecule has 3 rings (SSSR count). The van der Waals surface area contributed by atoms with E-state index in [0.29, 0.717) is 0 Å². The Balaban J connectivity index is 1.68. The van der Waals surface area contributed by atoms with Gasteiger partial charge in [-0.1, -0.05) is 79.5 Å². The zero-order valence-corrected chi connectivity index (χ0v) is 16.6. The summed E-state index contributed by atoms with van der Waals surface area (Å²) < 4.78 is 5.76. The van der Waals surface area contributed by atoms with E-state index in [9.17, 15) is 4.79 Å². The minimum atomic E-state index is -0.202. The van der Waals surface area contributed by atoms with E-state index in [2.05, 4.69) is 31.2 Å². The monoisotopic (exact) mass is 388 g/mol. The van der Waals surface area contributed by atoms with Crippen LogP contribution in [0.15, 0.2) is 59.1 Å². The van der Waals surface area contributed by atoms with Crippen molar-refractivity contribution in [2.45, 2.75) is 27.4 Å². The van der Waals surface area contributed by atoms with Crippen LogP contribution in [0.4, 0.5) is 0 Å². The van der Waals surface area contributed by atoms with Gasteiger partial charge in [-0.25, -0.2) is 0 Å². The number of halogens is 2. The Bertz CT molecular complexity index is 851. The van der Waals surface area contributed by atoms with Gasteiger partial charge in [-0.15, -0.1) is 0 Å². The number of carbonyl (C=O) groups is 1. The van der Waals surface area contributed by atoms with Crippen LogP contribution in [0.5, 0.6) is 0 Å². The molecule has 136 valence electrons. The van der Waals surface area contributed by atoms with Crippen LogP contribution in [-0.2, 0) is 16.1 Å². The maximum atomic E-state index is 12.5. The maximum Gasteiger partial charge on any atom is 0.310 e. The topological polar surface area (TPSA) is 26.3 Å². The van der Waals surface area contributed by atoms with E-state index in [1.807, 2.05) is 38.1 Å². The van der Waals surface area contributed by atoms with E-state index in [-0.39, 0.29) is 34.3 Å². The average molecular weight is 389 g/mol. The van der Waals surface area contributed by atoms with E-state index >= 15 is 0 Å². The summed E-state index contributed by atoms with van der Waals surface area (Å²) in [4.78, 5) is 12.5. The molecule has 0 unspecified atom stereocenters. The van der Waals surface area contributed by atoms with Gasteiger partial charge in [0.2, 0.25) is 0 Å². The predicted octanol–water partition coefficient (Wildman–Crippen LogP) is 6.30. The van der Waals surface area contributed by atoms with Crippen molar-refractivity contribution in [3.63, 3.8) is 0 Å². The van der Waals surface area contributed by atoms with Crippen molar-refractivity contribution in [1.82, 2.24) is 0 Å². The third kappa shape index (κ3) is 3.97. The molecule has 0 N–H and O–H groups in total. The Morgan fingerprint density at radius 2 is 1.88 bits per heavy atom. The number of benzene rings is 2. The highest BCUT2D eigenvalue weighted by Crippen LogP contribution is 2.60. The van der Waals surface area contributed by atoms with Gasteiger partial charge < -0.3 is 4.74 Å². The number of hydrogen-bond donors (Lipinski definition) is 0. The van der Waals surface area contributed by atoms with Crippen molar-refractivity contribution >= 4 is 29.2 Å². The second-order valence-electron chi connectivity index (χ2n) is 7.40. The molecule has 2 atom stereocenters. The Morgan fingerprint density at radius 1 is 1.15 bits per heavy atom. The first-order valence-electron chi connectivity index (χ1n) is 8.65. The molecule has 1 fully saturated rings. The number of esters is 1. The number of ether oxygens (including phenoxy) is 1. The molecule has 26 heavy (non-hydrogen) atoms. The van der Waals surface area contributed by atoms with Crippen LogP contribution >= 0.6 is 23.2 Å². The van der Waals surface area contributed by atoms with Gasteiger partial charge in [-0.3, -0.25) is 4.79 Å². The first-order chi connectivity index (χ1) is 12.3. The summed E-state index contributed by atoms with van der Waals surface area (Å²) in [5.41, 5.74) is 4.33. The van der Waals surface area contributed by atoms with Crippen molar-refractivity contribution in [3.05, 3.63) is 70.2 Å². The molecule has 0 spiro atoms. The highest BCUT2D eigenvalue weighted by atomic mass is 35.5. The molecule has 0 saturated heterocycles. The van der Waals surface area contributed by atoms with Crippen LogP contribution in [0.3, 0.4) is 0 Å². The van der Waals surface area contributed by atoms with Crippen LogP contribution in [0.25, 0.3) is 11.1 Å². The molecule has 1 saturated carbocycles. The predicted molar refractivity (Wildman–Crippen MR) is 107 cm³/mol. The molecule has 2 nitrogen and oxygen atoms in total. The fourth-order valence-corrected chi connectivity index (χ4v) is 3.82. The smallest absolute Gasteiger partial charge is 0.310 e. The highest BCUT2D eigenvalue weighted by Gasteiger charge is 2.61. The quantitative estimate of drug-likeness (QED) is 0.561. The third-order valence-electron chi connectivity index (χ3n) is 5.23. The summed E-state index contributed by atoms with van der Waals surface area (Å²) in [5.74, 6) is -0.375. The lowest BCUT2D eigenvalue weighted by atomic mass is 9.99. The summed E-state index contributed by atoms with van der Waals surface area (Å²) in [7, 11) is 0. The minimum Gasteiger partial charge on any atom is -0.461 e. The van der Waals surface area contributed by atoms with E-state index in [1.54, 1.807) is 6.08 Å². The Labute approximate surface area is 164 Å². The lowest BCUT2D eigenvalue weighted by molar-refractivity contribution is -0.147. The molecular weight excluding hydrogens is 367 g/mol. The second-order valence-corrected chi connectivity index (χ2v) is 8.41. The molecule has 4 heteroatoms. The van der Waals surface area contributed by atoms with Crippen molar-refractivity contribution in [3.8, 4) is 11.1 Å². The van der Waals surface area contributed by atoms with Crippen LogP contribution in [0.2, 0.25) is 0 Å². The van der Waals surface area contributed by atoms with E-state index < -0.39 is 0 Å². The normalized spacial score (nSPS) is 20.3. The van der Waals surface area contributed by atoms with Crippen LogP contribution in [0.1, 0.15) is 25.0 Å². The number of rotatable bonds is 5. The lowest BCUT2D eigenvalue weighted by Gasteiger charge is -2.09. The molecule has 0 amide bonds. The highest BCUT2D eigenvalue weighted by molar-refractivity contribution is 6.55. The molecule has 0 aliphatic heterocycles. The molecule has 1 aliphatic rings. The molecule has 2 aromatic rings. The van der Waals surface area contributed by atoms with Crippen LogP contribution in [0, 0.1) is 24.2 Å². The largest absolute Gasteiger partial charge is 0.461 e. The summed E-state index contributed by atoms with van der Waals surface area (Å²) in [6, 6.07) is 16.3. The lowest BCUT2D eigenvalue weighted by Crippen LogP contribution is -2.10. The standard InChI is InChI=1S/C22H22Cl2O2/c1-14-7-4-5-10-17(14)16-9-6-8-15(11-16)13-26-21(25)20-18(12-19(23)24)22(20,2)3/h4-12,18,20H,13H2,1-3H3/t18-,20-/m0/s1. The van der Waals surface area contributed by atoms with Gasteiger partial charge in [-0.2, -0.15) is 0 Å². The minimum absolute atomic E-state index is 0.0262. The Kier molecular flexibility index (Phi) is 5.45. The average Bonchev–Trinajstić information content (AvgIpc) is 3.13. The summed E-state index contributed by atoms with van der Waals surface area (Å²) in [6.45, 7) is 6.40. The maximum absolute atomic E-state index is 12.5. The SMILES string of the molecule is Cc1ccccc1-c1cccc(COC(=O)[C@@H]2[C@H](C=C(Cl)Cl)C2(C)C)c1. The zero-order valence-electron chi connectivity index (χ0n) is 15.1. The van der Waals surface area contributed by atoms with Gasteiger partial charge in [0, 0.05) is 0 Å². The molecular formula is C22H22Cl2O2. The van der Waals surface area contributed by atoms with Crippen molar-refractivity contribution < 1.29 is 9.53 Å². The van der Waals surface area contributed by atoms with Crippen molar-refractivity contribution in [2.24, 2.45) is 17.3 Å². The summed E-state index contributed by atoms with van der Waals surface area (Å²) in [5, 5.41) is 0. The van der Waals surface area contributed by atoms with E-state index in [4.69, 9.17) is 27.9 Å². The number of allylic oxidation sites excluding steroid dienone is 1. The summed E-state index contributed by atoms with van der Waals surface area (Å²) >= 11 is 11.5. The van der Waals surface area contributed by atoms with Gasteiger partial charge >= 0.3 is 5.97 Å².